The summed E-state index contributed by atoms with van der Waals surface area (Å²) in [4.78, 5) is 9.24. The lowest BCUT2D eigenvalue weighted by Gasteiger charge is -2.09. The third kappa shape index (κ3) is 5.29. The van der Waals surface area contributed by atoms with Crippen LogP contribution in [0.15, 0.2) is 30.3 Å². The molecule has 1 saturated carbocycles. The second kappa shape index (κ2) is 7.13. The van der Waals surface area contributed by atoms with Gasteiger partial charge in [0.25, 0.3) is 0 Å². The molecule has 1 aromatic carbocycles. The van der Waals surface area contributed by atoms with E-state index in [1.54, 1.807) is 0 Å². The van der Waals surface area contributed by atoms with Crippen LogP contribution in [0, 0.1) is 11.8 Å². The van der Waals surface area contributed by atoms with Gasteiger partial charge in [0.2, 0.25) is 0 Å². The predicted molar refractivity (Wildman–Crippen MR) is 70.1 cm³/mol. The van der Waals surface area contributed by atoms with Crippen molar-refractivity contribution in [2.45, 2.75) is 25.9 Å². The number of benzene rings is 1. The Hall–Kier alpha value is -1.39. The van der Waals surface area contributed by atoms with Crippen LogP contribution >= 0.6 is 0 Å². The van der Waals surface area contributed by atoms with E-state index in [-0.39, 0.29) is 12.6 Å². The summed E-state index contributed by atoms with van der Waals surface area (Å²) >= 11 is 0. The first-order valence-electron chi connectivity index (χ1n) is 6.18. The van der Waals surface area contributed by atoms with Crippen LogP contribution in [0.4, 0.5) is 0 Å². The number of aliphatic hydroxyl groups is 1. The molecule has 0 spiro atoms. The molecule has 0 radical (unpaired) electrons. The fraction of sp³-hybridized carbons (Fsp3) is 0.500. The lowest BCUT2D eigenvalue weighted by molar-refractivity contribution is -0.135. The number of carboxylic acid groups (broad SMARTS) is 1. The SMILES string of the molecule is CC1CC1C(O)Cc1ccccc1.NCC(=O)O. The van der Waals surface area contributed by atoms with E-state index in [1.165, 1.54) is 12.0 Å². The Morgan fingerprint density at radius 1 is 1.44 bits per heavy atom. The number of carbonyl (C=O) groups is 1. The molecule has 1 aliphatic carbocycles. The Balaban J connectivity index is 0.000000280. The summed E-state index contributed by atoms with van der Waals surface area (Å²) < 4.78 is 0. The van der Waals surface area contributed by atoms with Gasteiger partial charge >= 0.3 is 5.97 Å². The fourth-order valence-electron chi connectivity index (χ4n) is 1.89. The van der Waals surface area contributed by atoms with Crippen LogP contribution in [0.5, 0.6) is 0 Å². The number of hydrogen-bond donors (Lipinski definition) is 3. The highest BCUT2D eigenvalue weighted by molar-refractivity contribution is 5.68. The first-order chi connectivity index (χ1) is 8.54. The molecular weight excluding hydrogens is 230 g/mol. The van der Waals surface area contributed by atoms with Crippen LogP contribution in [0.25, 0.3) is 0 Å². The number of nitrogens with two attached hydrogens (primary N) is 1. The summed E-state index contributed by atoms with van der Waals surface area (Å²) in [6, 6.07) is 10.2. The average molecular weight is 251 g/mol. The Labute approximate surface area is 107 Å². The number of hydrogen-bond acceptors (Lipinski definition) is 3. The van der Waals surface area contributed by atoms with Gasteiger partial charge in [0, 0.05) is 0 Å². The van der Waals surface area contributed by atoms with Gasteiger partial charge in [0.05, 0.1) is 12.6 Å². The fourth-order valence-corrected chi connectivity index (χ4v) is 1.89. The van der Waals surface area contributed by atoms with E-state index in [1.807, 2.05) is 18.2 Å². The molecule has 0 aromatic heterocycles. The third-order valence-electron chi connectivity index (χ3n) is 3.13. The molecule has 1 fully saturated rings. The van der Waals surface area contributed by atoms with Crippen molar-refractivity contribution >= 4 is 5.97 Å². The van der Waals surface area contributed by atoms with Gasteiger partial charge in [0.15, 0.2) is 0 Å². The van der Waals surface area contributed by atoms with Gasteiger partial charge in [0.1, 0.15) is 0 Å². The third-order valence-corrected chi connectivity index (χ3v) is 3.13. The highest BCUT2D eigenvalue weighted by Gasteiger charge is 2.38. The maximum Gasteiger partial charge on any atom is 0.317 e. The van der Waals surface area contributed by atoms with E-state index in [4.69, 9.17) is 5.11 Å². The zero-order chi connectivity index (χ0) is 13.5. The molecule has 4 N–H and O–H groups in total. The Bertz CT molecular complexity index is 367. The number of carboxylic acids is 1. The first kappa shape index (κ1) is 14.7. The van der Waals surface area contributed by atoms with Crippen molar-refractivity contribution in [2.24, 2.45) is 17.6 Å². The van der Waals surface area contributed by atoms with Crippen molar-refractivity contribution in [3.05, 3.63) is 35.9 Å². The molecule has 0 heterocycles. The summed E-state index contributed by atoms with van der Waals surface area (Å²) in [5.41, 5.74) is 5.82. The summed E-state index contributed by atoms with van der Waals surface area (Å²) in [7, 11) is 0. The van der Waals surface area contributed by atoms with Gasteiger partial charge in [-0.25, -0.2) is 0 Å². The minimum Gasteiger partial charge on any atom is -0.480 e. The molecule has 0 bridgehead atoms. The minimum absolute atomic E-state index is 0.127. The lowest BCUT2D eigenvalue weighted by Crippen LogP contribution is -2.13. The summed E-state index contributed by atoms with van der Waals surface area (Å²) in [5.74, 6) is 0.323. The highest BCUT2D eigenvalue weighted by atomic mass is 16.4. The van der Waals surface area contributed by atoms with Crippen molar-refractivity contribution < 1.29 is 15.0 Å². The largest absolute Gasteiger partial charge is 0.480 e. The average Bonchev–Trinajstić information content (AvgIpc) is 3.08. The standard InChI is InChI=1S/C12H16O.C2H5NO2/c1-9-7-11(9)12(13)8-10-5-3-2-4-6-10;3-1-2(4)5/h2-6,9,11-13H,7-8H2,1H3;1,3H2,(H,4,5). The lowest BCUT2D eigenvalue weighted by atomic mass is 10.0. The second-order valence-corrected chi connectivity index (χ2v) is 4.73. The molecule has 0 saturated heterocycles. The highest BCUT2D eigenvalue weighted by Crippen LogP contribution is 2.41. The normalized spacial score (nSPS) is 22.6. The monoisotopic (exact) mass is 251 g/mol. The Morgan fingerprint density at radius 2 is 1.94 bits per heavy atom. The summed E-state index contributed by atoms with van der Waals surface area (Å²) in [6.07, 6.45) is 1.89. The van der Waals surface area contributed by atoms with E-state index < -0.39 is 5.97 Å². The van der Waals surface area contributed by atoms with Crippen LogP contribution in [0.1, 0.15) is 18.9 Å². The molecule has 3 atom stereocenters. The van der Waals surface area contributed by atoms with E-state index in [9.17, 15) is 9.90 Å². The molecular formula is C14H21NO3. The Kier molecular flexibility index (Phi) is 5.82. The van der Waals surface area contributed by atoms with E-state index in [0.29, 0.717) is 5.92 Å². The zero-order valence-corrected chi connectivity index (χ0v) is 10.6. The minimum atomic E-state index is -0.968. The van der Waals surface area contributed by atoms with E-state index in [2.05, 4.69) is 24.8 Å². The van der Waals surface area contributed by atoms with Crippen LogP contribution < -0.4 is 5.73 Å². The van der Waals surface area contributed by atoms with Gasteiger partial charge in [-0.2, -0.15) is 0 Å². The van der Waals surface area contributed by atoms with Gasteiger partial charge in [-0.1, -0.05) is 37.3 Å². The zero-order valence-electron chi connectivity index (χ0n) is 10.6. The van der Waals surface area contributed by atoms with Gasteiger partial charge in [-0.05, 0) is 30.2 Å². The molecule has 100 valence electrons. The van der Waals surface area contributed by atoms with Gasteiger partial charge in [-0.3, -0.25) is 4.79 Å². The molecule has 4 heteroatoms. The quantitative estimate of drug-likeness (QED) is 0.752. The van der Waals surface area contributed by atoms with Gasteiger partial charge in [-0.15, -0.1) is 0 Å². The second-order valence-electron chi connectivity index (χ2n) is 4.73. The molecule has 1 aliphatic rings. The predicted octanol–water partition coefficient (Wildman–Crippen LogP) is 1.28. The molecule has 2 rings (SSSR count). The van der Waals surface area contributed by atoms with Crippen molar-refractivity contribution in [3.8, 4) is 0 Å². The Morgan fingerprint density at radius 3 is 2.33 bits per heavy atom. The maximum atomic E-state index is 9.81. The van der Waals surface area contributed by atoms with Crippen LogP contribution in [0.3, 0.4) is 0 Å². The first-order valence-corrected chi connectivity index (χ1v) is 6.18. The van der Waals surface area contributed by atoms with Gasteiger partial charge < -0.3 is 15.9 Å². The maximum absolute atomic E-state index is 9.81. The number of rotatable bonds is 4. The van der Waals surface area contributed by atoms with E-state index in [0.717, 1.165) is 12.3 Å². The molecule has 18 heavy (non-hydrogen) atoms. The van der Waals surface area contributed by atoms with Crippen molar-refractivity contribution in [3.63, 3.8) is 0 Å². The van der Waals surface area contributed by atoms with Crippen LogP contribution in [-0.2, 0) is 11.2 Å². The molecule has 0 aliphatic heterocycles. The topological polar surface area (TPSA) is 83.5 Å². The smallest absolute Gasteiger partial charge is 0.317 e. The summed E-state index contributed by atoms with van der Waals surface area (Å²) in [6.45, 7) is 1.93. The molecule has 3 unspecified atom stereocenters. The van der Waals surface area contributed by atoms with E-state index >= 15 is 0 Å². The number of aliphatic hydroxyl groups excluding tert-OH is 1. The summed E-state index contributed by atoms with van der Waals surface area (Å²) in [5, 5.41) is 17.4. The van der Waals surface area contributed by atoms with Crippen molar-refractivity contribution in [2.75, 3.05) is 6.54 Å². The molecule has 1 aromatic rings. The van der Waals surface area contributed by atoms with Crippen molar-refractivity contribution in [1.29, 1.82) is 0 Å². The number of aliphatic carboxylic acids is 1. The van der Waals surface area contributed by atoms with Crippen LogP contribution in [0.2, 0.25) is 0 Å². The van der Waals surface area contributed by atoms with Crippen molar-refractivity contribution in [1.82, 2.24) is 0 Å². The molecule has 4 nitrogen and oxygen atoms in total. The molecule has 0 amide bonds. The van der Waals surface area contributed by atoms with Crippen LogP contribution in [-0.4, -0.2) is 28.8 Å².